The second-order valence-corrected chi connectivity index (χ2v) is 8.65. The van der Waals surface area contributed by atoms with E-state index in [9.17, 15) is 4.79 Å². The maximum Gasteiger partial charge on any atom is 0.410 e. The average Bonchev–Trinajstić information content (AvgIpc) is 2.76. The van der Waals surface area contributed by atoms with Crippen LogP contribution >= 0.6 is 22.6 Å². The molecule has 0 saturated carbocycles. The third-order valence-electron chi connectivity index (χ3n) is 4.35. The fraction of sp³-hybridized carbons (Fsp3) is 0.929. The summed E-state index contributed by atoms with van der Waals surface area (Å²) >= 11 is 2.46. The zero-order chi connectivity index (χ0) is 14.5. The normalized spacial score (nSPS) is 34.0. The van der Waals surface area contributed by atoms with Gasteiger partial charge in [-0.3, -0.25) is 0 Å². The summed E-state index contributed by atoms with van der Waals surface area (Å²) in [6.07, 6.45) is 0.680. The highest BCUT2D eigenvalue weighted by Crippen LogP contribution is 2.51. The first-order valence-corrected chi connectivity index (χ1v) is 8.08. The molecule has 110 valence electrons. The molecule has 0 aromatic carbocycles. The summed E-state index contributed by atoms with van der Waals surface area (Å²) in [6, 6.07) is 0. The van der Waals surface area contributed by atoms with Crippen LogP contribution in [0.5, 0.6) is 0 Å². The number of hydrogen-bond donors (Lipinski definition) is 0. The predicted octanol–water partition coefficient (Wildman–Crippen LogP) is 3.23. The van der Waals surface area contributed by atoms with Gasteiger partial charge < -0.3 is 14.4 Å². The van der Waals surface area contributed by atoms with Gasteiger partial charge in [-0.1, -0.05) is 36.4 Å². The Morgan fingerprint density at radius 3 is 2.53 bits per heavy atom. The Hall–Kier alpha value is -0.0400. The molecular formula is C14H24INO3. The van der Waals surface area contributed by atoms with E-state index < -0.39 is 5.60 Å². The van der Waals surface area contributed by atoms with Crippen LogP contribution in [0, 0.1) is 5.41 Å². The van der Waals surface area contributed by atoms with Crippen LogP contribution in [0.15, 0.2) is 0 Å². The molecule has 0 aromatic heterocycles. The lowest BCUT2D eigenvalue weighted by Gasteiger charge is -2.38. The van der Waals surface area contributed by atoms with E-state index in [1.54, 1.807) is 4.90 Å². The SMILES string of the molecule is CC(C)(C)OC(=O)N1CC[C@]2(C1)OC[C@@H](I)C2(C)C. The molecule has 0 radical (unpaired) electrons. The lowest BCUT2D eigenvalue weighted by atomic mass is 9.74. The molecule has 0 aromatic rings. The summed E-state index contributed by atoms with van der Waals surface area (Å²) in [5.74, 6) is 0. The minimum Gasteiger partial charge on any atom is -0.444 e. The van der Waals surface area contributed by atoms with Crippen LogP contribution in [0.25, 0.3) is 0 Å². The van der Waals surface area contributed by atoms with E-state index in [0.29, 0.717) is 10.5 Å². The molecule has 5 heteroatoms. The first-order chi connectivity index (χ1) is 8.57. The highest BCUT2D eigenvalue weighted by molar-refractivity contribution is 14.1. The van der Waals surface area contributed by atoms with E-state index in [1.807, 2.05) is 20.8 Å². The molecule has 1 amide bonds. The molecule has 0 aliphatic carbocycles. The van der Waals surface area contributed by atoms with Crippen molar-refractivity contribution in [3.8, 4) is 0 Å². The Morgan fingerprint density at radius 2 is 2.05 bits per heavy atom. The molecule has 0 bridgehead atoms. The van der Waals surface area contributed by atoms with Crippen LogP contribution in [0.1, 0.15) is 41.0 Å². The van der Waals surface area contributed by atoms with Gasteiger partial charge in [-0.05, 0) is 27.2 Å². The Bertz CT molecular complexity index is 377. The highest BCUT2D eigenvalue weighted by Gasteiger charge is 2.58. The molecule has 2 heterocycles. The number of rotatable bonds is 0. The topological polar surface area (TPSA) is 38.8 Å². The van der Waals surface area contributed by atoms with Gasteiger partial charge in [-0.25, -0.2) is 4.79 Å². The van der Waals surface area contributed by atoms with Crippen molar-refractivity contribution in [2.75, 3.05) is 19.7 Å². The smallest absolute Gasteiger partial charge is 0.410 e. The van der Waals surface area contributed by atoms with Crippen molar-refractivity contribution in [2.24, 2.45) is 5.41 Å². The lowest BCUT2D eigenvalue weighted by Crippen LogP contribution is -2.47. The van der Waals surface area contributed by atoms with Crippen LogP contribution in [0.4, 0.5) is 4.79 Å². The number of nitrogens with zero attached hydrogens (tertiary/aromatic N) is 1. The van der Waals surface area contributed by atoms with E-state index in [2.05, 4.69) is 36.4 Å². The number of ether oxygens (including phenoxy) is 2. The van der Waals surface area contributed by atoms with E-state index in [-0.39, 0.29) is 17.1 Å². The molecule has 2 aliphatic rings. The van der Waals surface area contributed by atoms with Crippen molar-refractivity contribution in [2.45, 2.75) is 56.2 Å². The number of hydrogen-bond acceptors (Lipinski definition) is 3. The van der Waals surface area contributed by atoms with Gasteiger partial charge >= 0.3 is 6.09 Å². The zero-order valence-electron chi connectivity index (χ0n) is 12.5. The standard InChI is InChI=1S/C14H24INO3/c1-12(2,3)19-11(17)16-7-6-14(9-16)13(4,5)10(15)8-18-14/h10H,6-9H2,1-5H3/t10-,14-/m1/s1. The summed E-state index contributed by atoms with van der Waals surface area (Å²) in [6.45, 7) is 12.3. The van der Waals surface area contributed by atoms with Crippen LogP contribution in [0.3, 0.4) is 0 Å². The van der Waals surface area contributed by atoms with Gasteiger partial charge in [0.2, 0.25) is 0 Å². The Morgan fingerprint density at radius 1 is 1.42 bits per heavy atom. The maximum atomic E-state index is 12.1. The van der Waals surface area contributed by atoms with Crippen molar-refractivity contribution < 1.29 is 14.3 Å². The van der Waals surface area contributed by atoms with Crippen molar-refractivity contribution >= 4 is 28.7 Å². The molecule has 0 N–H and O–H groups in total. The number of carbonyl (C=O) groups excluding carboxylic acids is 1. The number of likely N-dealkylation sites (tertiary alicyclic amines) is 1. The van der Waals surface area contributed by atoms with Crippen LogP contribution in [-0.2, 0) is 9.47 Å². The summed E-state index contributed by atoms with van der Waals surface area (Å²) in [7, 11) is 0. The molecule has 19 heavy (non-hydrogen) atoms. The van der Waals surface area contributed by atoms with Crippen LogP contribution in [0.2, 0.25) is 0 Å². The minimum atomic E-state index is -0.440. The molecule has 4 nitrogen and oxygen atoms in total. The lowest BCUT2D eigenvalue weighted by molar-refractivity contribution is -0.0433. The van der Waals surface area contributed by atoms with Crippen LogP contribution in [-0.4, -0.2) is 45.8 Å². The van der Waals surface area contributed by atoms with Gasteiger partial charge in [0, 0.05) is 15.9 Å². The predicted molar refractivity (Wildman–Crippen MR) is 82.7 cm³/mol. The molecule has 2 fully saturated rings. The minimum absolute atomic E-state index is 0.0876. The second-order valence-electron chi connectivity index (χ2n) is 7.15. The molecule has 0 unspecified atom stereocenters. The Balaban J connectivity index is 2.06. The van der Waals surface area contributed by atoms with Gasteiger partial charge in [-0.15, -0.1) is 0 Å². The maximum absolute atomic E-state index is 12.1. The second kappa shape index (κ2) is 4.76. The van der Waals surface area contributed by atoms with Gasteiger partial charge in [0.25, 0.3) is 0 Å². The van der Waals surface area contributed by atoms with Gasteiger partial charge in [0.1, 0.15) is 5.60 Å². The van der Waals surface area contributed by atoms with E-state index >= 15 is 0 Å². The fourth-order valence-corrected chi connectivity index (χ4v) is 3.57. The molecular weight excluding hydrogens is 357 g/mol. The summed E-state index contributed by atoms with van der Waals surface area (Å²) in [4.78, 5) is 13.9. The Labute approximate surface area is 129 Å². The molecule has 2 aliphatic heterocycles. The third-order valence-corrected chi connectivity index (χ3v) is 6.26. The average molecular weight is 381 g/mol. The van der Waals surface area contributed by atoms with Gasteiger partial charge in [0.05, 0.1) is 18.8 Å². The fourth-order valence-electron chi connectivity index (χ4n) is 2.82. The first kappa shape index (κ1) is 15.4. The monoisotopic (exact) mass is 381 g/mol. The van der Waals surface area contributed by atoms with Gasteiger partial charge in [0.15, 0.2) is 0 Å². The molecule has 2 saturated heterocycles. The summed E-state index contributed by atoms with van der Waals surface area (Å²) in [5.41, 5.74) is -0.551. The number of halogens is 1. The number of amides is 1. The van der Waals surface area contributed by atoms with Crippen molar-refractivity contribution in [3.63, 3.8) is 0 Å². The van der Waals surface area contributed by atoms with E-state index in [4.69, 9.17) is 9.47 Å². The van der Waals surface area contributed by atoms with E-state index in [0.717, 1.165) is 19.6 Å². The van der Waals surface area contributed by atoms with Gasteiger partial charge in [-0.2, -0.15) is 0 Å². The molecule has 2 atom stereocenters. The van der Waals surface area contributed by atoms with Crippen LogP contribution < -0.4 is 0 Å². The van der Waals surface area contributed by atoms with Crippen molar-refractivity contribution in [1.29, 1.82) is 0 Å². The number of alkyl halides is 1. The molecule has 1 spiro atoms. The largest absolute Gasteiger partial charge is 0.444 e. The summed E-state index contributed by atoms with van der Waals surface area (Å²) in [5, 5.41) is 0. The molecule has 2 rings (SSSR count). The van der Waals surface area contributed by atoms with E-state index in [1.165, 1.54) is 0 Å². The number of carbonyl (C=O) groups is 1. The van der Waals surface area contributed by atoms with Crippen molar-refractivity contribution in [3.05, 3.63) is 0 Å². The summed E-state index contributed by atoms with van der Waals surface area (Å²) < 4.78 is 12.0. The third kappa shape index (κ3) is 2.73. The van der Waals surface area contributed by atoms with Crippen molar-refractivity contribution in [1.82, 2.24) is 4.90 Å². The quantitative estimate of drug-likeness (QED) is 0.478. The zero-order valence-corrected chi connectivity index (χ0v) is 14.6. The highest BCUT2D eigenvalue weighted by atomic mass is 127. The first-order valence-electron chi connectivity index (χ1n) is 6.83. The Kier molecular flexibility index (Phi) is 3.84.